The van der Waals surface area contributed by atoms with Crippen molar-refractivity contribution in [1.29, 1.82) is 0 Å². The molecule has 9 heteroatoms. The van der Waals surface area contributed by atoms with Crippen molar-refractivity contribution in [2.24, 2.45) is 0 Å². The van der Waals surface area contributed by atoms with Crippen LogP contribution in [-0.4, -0.2) is 57.5 Å². The number of nitrogens with zero attached hydrogens (tertiary/aromatic N) is 3. The van der Waals surface area contributed by atoms with Gasteiger partial charge >= 0.3 is 5.97 Å². The lowest BCUT2D eigenvalue weighted by Crippen LogP contribution is -2.65. The molecular formula is C23H30N4O4S. The van der Waals surface area contributed by atoms with Crippen molar-refractivity contribution in [1.82, 2.24) is 19.8 Å². The monoisotopic (exact) mass is 458 g/mol. The van der Waals surface area contributed by atoms with Gasteiger partial charge in [0.2, 0.25) is 5.91 Å². The second-order valence-corrected chi connectivity index (χ2v) is 9.82. The summed E-state index contributed by atoms with van der Waals surface area (Å²) in [5.41, 5.74) is -0.908. The van der Waals surface area contributed by atoms with Crippen molar-refractivity contribution in [3.8, 4) is 0 Å². The molecule has 0 aromatic carbocycles. The lowest BCUT2D eigenvalue weighted by atomic mass is 9.93. The Hall–Kier alpha value is -2.68. The number of amides is 2. The second-order valence-electron chi connectivity index (χ2n) is 8.78. The van der Waals surface area contributed by atoms with E-state index in [1.165, 1.54) is 26.3 Å². The lowest BCUT2D eigenvalue weighted by molar-refractivity contribution is -0.133. The molecule has 4 rings (SSSR count). The van der Waals surface area contributed by atoms with Crippen molar-refractivity contribution in [3.63, 3.8) is 0 Å². The van der Waals surface area contributed by atoms with Crippen LogP contribution in [0.15, 0.2) is 23.8 Å². The van der Waals surface area contributed by atoms with E-state index >= 15 is 0 Å². The molecule has 1 aliphatic carbocycles. The summed E-state index contributed by atoms with van der Waals surface area (Å²) < 4.78 is 6.43. The fourth-order valence-corrected chi connectivity index (χ4v) is 5.42. The molecule has 0 bridgehead atoms. The topological polar surface area (TPSA) is 93.5 Å². The lowest BCUT2D eigenvalue weighted by Gasteiger charge is -2.44. The number of thiophene rings is 1. The molecule has 32 heavy (non-hydrogen) atoms. The summed E-state index contributed by atoms with van der Waals surface area (Å²) in [6, 6.07) is 4.12. The third-order valence-corrected chi connectivity index (χ3v) is 7.52. The van der Waals surface area contributed by atoms with Crippen molar-refractivity contribution in [2.45, 2.75) is 70.0 Å². The molecule has 1 saturated carbocycles. The first kappa shape index (κ1) is 22.5. The fraction of sp³-hybridized carbons (Fsp3) is 0.565. The highest BCUT2D eigenvalue weighted by atomic mass is 32.1. The third kappa shape index (κ3) is 4.30. The van der Waals surface area contributed by atoms with Crippen LogP contribution in [0.2, 0.25) is 0 Å². The van der Waals surface area contributed by atoms with Crippen LogP contribution in [0.1, 0.15) is 71.3 Å². The highest BCUT2D eigenvalue weighted by molar-refractivity contribution is 7.09. The molecule has 0 saturated heterocycles. The van der Waals surface area contributed by atoms with E-state index in [1.807, 2.05) is 24.4 Å². The van der Waals surface area contributed by atoms with Gasteiger partial charge in [-0.25, -0.2) is 9.78 Å². The van der Waals surface area contributed by atoms with E-state index in [0.717, 1.165) is 30.6 Å². The van der Waals surface area contributed by atoms with Gasteiger partial charge in [0.25, 0.3) is 5.91 Å². The largest absolute Gasteiger partial charge is 0.464 e. The molecule has 1 N–H and O–H groups in total. The number of ether oxygens (including phenoxy) is 1. The Bertz CT molecular complexity index is 978. The summed E-state index contributed by atoms with van der Waals surface area (Å²) in [5.74, 6) is -1.18. The highest BCUT2D eigenvalue weighted by Crippen LogP contribution is 2.30. The molecule has 1 fully saturated rings. The van der Waals surface area contributed by atoms with Crippen LogP contribution < -0.4 is 5.32 Å². The van der Waals surface area contributed by atoms with E-state index in [0.29, 0.717) is 13.0 Å². The van der Waals surface area contributed by atoms with Crippen LogP contribution in [-0.2, 0) is 22.5 Å². The molecule has 1 atom stereocenters. The van der Waals surface area contributed by atoms with Gasteiger partial charge < -0.3 is 19.5 Å². The maximum atomic E-state index is 13.6. The number of esters is 1. The zero-order valence-electron chi connectivity index (χ0n) is 18.6. The first-order valence-corrected chi connectivity index (χ1v) is 12.1. The Balaban J connectivity index is 1.64. The number of rotatable bonds is 6. The summed E-state index contributed by atoms with van der Waals surface area (Å²) in [6.07, 6.45) is 8.63. The smallest absolute Gasteiger partial charge is 0.359 e. The fourth-order valence-electron chi connectivity index (χ4n) is 4.73. The standard InChI is InChI=1S/C23H30N4O4S/c1-23(22(30)25-16-8-5-3-4-6-9-16)14-26-15-24-18(21(29)31-2)19(26)20(28)27(23)12-11-17-10-7-13-32-17/h7,10,13,15-16H,3-6,8-9,11-12,14H2,1-2H3,(H,25,30). The summed E-state index contributed by atoms with van der Waals surface area (Å²) in [6.45, 7) is 2.42. The number of hydrogen-bond acceptors (Lipinski definition) is 6. The van der Waals surface area contributed by atoms with Gasteiger partial charge in [-0.05, 0) is 37.6 Å². The average Bonchev–Trinajstić information content (AvgIpc) is 3.38. The predicted octanol–water partition coefficient (Wildman–Crippen LogP) is 3.03. The summed E-state index contributed by atoms with van der Waals surface area (Å²) in [7, 11) is 1.26. The third-order valence-electron chi connectivity index (χ3n) is 6.58. The quantitative estimate of drug-likeness (QED) is 0.531. The first-order chi connectivity index (χ1) is 15.4. The minimum Gasteiger partial charge on any atom is -0.464 e. The molecule has 2 aromatic rings. The molecule has 172 valence electrons. The van der Waals surface area contributed by atoms with Gasteiger partial charge in [0.05, 0.1) is 20.0 Å². The predicted molar refractivity (Wildman–Crippen MR) is 121 cm³/mol. The maximum Gasteiger partial charge on any atom is 0.359 e. The van der Waals surface area contributed by atoms with E-state index < -0.39 is 11.5 Å². The maximum absolute atomic E-state index is 13.6. The minimum atomic E-state index is -1.08. The average molecular weight is 459 g/mol. The molecule has 3 heterocycles. The van der Waals surface area contributed by atoms with Crippen molar-refractivity contribution in [2.75, 3.05) is 13.7 Å². The number of nitrogens with one attached hydrogen (secondary N) is 1. The molecule has 0 radical (unpaired) electrons. The molecule has 8 nitrogen and oxygen atoms in total. The number of carbonyl (C=O) groups is 3. The van der Waals surface area contributed by atoms with E-state index in [1.54, 1.807) is 20.8 Å². The van der Waals surface area contributed by atoms with Crippen molar-refractivity contribution in [3.05, 3.63) is 40.1 Å². The second kappa shape index (κ2) is 9.44. The Morgan fingerprint density at radius 2 is 2.03 bits per heavy atom. The number of methoxy groups -OCH3 is 1. The highest BCUT2D eigenvalue weighted by Gasteiger charge is 2.49. The number of aromatic nitrogens is 2. The molecule has 0 spiro atoms. The number of hydrogen-bond donors (Lipinski definition) is 1. The summed E-state index contributed by atoms with van der Waals surface area (Å²) in [5, 5.41) is 5.22. The molecule has 2 aliphatic rings. The van der Waals surface area contributed by atoms with Crippen LogP contribution >= 0.6 is 11.3 Å². The summed E-state index contributed by atoms with van der Waals surface area (Å²) >= 11 is 1.62. The first-order valence-electron chi connectivity index (χ1n) is 11.2. The van der Waals surface area contributed by atoms with Crippen molar-refractivity contribution < 1.29 is 19.1 Å². The van der Waals surface area contributed by atoms with E-state index in [2.05, 4.69) is 10.3 Å². The van der Waals surface area contributed by atoms with Crippen LogP contribution in [0.4, 0.5) is 0 Å². The Morgan fingerprint density at radius 3 is 2.69 bits per heavy atom. The van der Waals surface area contributed by atoms with Crippen LogP contribution in [0.25, 0.3) is 0 Å². The molecule has 1 unspecified atom stereocenters. The van der Waals surface area contributed by atoms with Gasteiger partial charge in [-0.15, -0.1) is 11.3 Å². The Morgan fingerprint density at radius 1 is 1.28 bits per heavy atom. The van der Waals surface area contributed by atoms with Crippen LogP contribution in [0, 0.1) is 0 Å². The minimum absolute atomic E-state index is 0.00940. The molecule has 2 aromatic heterocycles. The van der Waals surface area contributed by atoms with Crippen molar-refractivity contribution >= 4 is 29.1 Å². The number of carbonyl (C=O) groups excluding carboxylic acids is 3. The van der Waals surface area contributed by atoms with E-state index in [-0.39, 0.29) is 35.8 Å². The summed E-state index contributed by atoms with van der Waals surface area (Å²) in [4.78, 5) is 46.3. The molecule has 1 aliphatic heterocycles. The van der Waals surface area contributed by atoms with Gasteiger partial charge in [-0.2, -0.15) is 0 Å². The number of fused-ring (bicyclic) bond motifs is 1. The Kier molecular flexibility index (Phi) is 6.64. The van der Waals surface area contributed by atoms with Gasteiger partial charge in [-0.1, -0.05) is 31.7 Å². The zero-order valence-corrected chi connectivity index (χ0v) is 19.5. The SMILES string of the molecule is COC(=O)c1ncn2c1C(=O)N(CCc1cccs1)C(C)(C(=O)NC1CCCCCC1)C2. The van der Waals surface area contributed by atoms with E-state index in [9.17, 15) is 14.4 Å². The zero-order chi connectivity index (χ0) is 22.7. The van der Waals surface area contributed by atoms with Crippen LogP contribution in [0.5, 0.6) is 0 Å². The molecule has 2 amide bonds. The van der Waals surface area contributed by atoms with E-state index in [4.69, 9.17) is 4.74 Å². The normalized spacial score (nSPS) is 21.7. The van der Waals surface area contributed by atoms with Gasteiger partial charge in [0, 0.05) is 17.5 Å². The van der Waals surface area contributed by atoms with Gasteiger partial charge in [0.15, 0.2) is 5.69 Å². The molecular weight excluding hydrogens is 428 g/mol. The van der Waals surface area contributed by atoms with Gasteiger partial charge in [-0.3, -0.25) is 9.59 Å². The Labute approximate surface area is 192 Å². The number of imidazole rings is 1. The van der Waals surface area contributed by atoms with Gasteiger partial charge in [0.1, 0.15) is 11.2 Å². The van der Waals surface area contributed by atoms with Crippen LogP contribution in [0.3, 0.4) is 0 Å².